The number of hydrogen-bond acceptors (Lipinski definition) is 4. The maximum absolute atomic E-state index is 12.7. The molecule has 7 heteroatoms. The molecule has 0 aromatic carbocycles. The number of aromatic nitrogens is 3. The van der Waals surface area contributed by atoms with Gasteiger partial charge in [-0.15, -0.1) is 0 Å². The molecular formula is C19H23N5O2. The maximum Gasteiger partial charge on any atom is 0.228 e. The molecule has 1 saturated heterocycles. The first kappa shape index (κ1) is 16.8. The monoisotopic (exact) mass is 353 g/mol. The number of nitrogens with zero attached hydrogens (tertiary/aromatic N) is 4. The highest BCUT2D eigenvalue weighted by molar-refractivity contribution is 5.89. The summed E-state index contributed by atoms with van der Waals surface area (Å²) in [5.74, 6) is 0.319. The van der Waals surface area contributed by atoms with Gasteiger partial charge in [0.2, 0.25) is 11.8 Å². The van der Waals surface area contributed by atoms with Gasteiger partial charge in [-0.05, 0) is 31.0 Å². The normalized spacial score (nSPS) is 19.8. The molecule has 2 fully saturated rings. The highest BCUT2D eigenvalue weighted by atomic mass is 16.2. The third-order valence-corrected chi connectivity index (χ3v) is 5.07. The topological polar surface area (TPSA) is 82.2 Å². The van der Waals surface area contributed by atoms with Crippen molar-refractivity contribution in [3.63, 3.8) is 0 Å². The summed E-state index contributed by atoms with van der Waals surface area (Å²) in [4.78, 5) is 32.7. The fourth-order valence-electron chi connectivity index (χ4n) is 3.47. The number of nitrogens with one attached hydrogen (secondary N) is 1. The Morgan fingerprint density at radius 3 is 2.96 bits per heavy atom. The molecular weight excluding hydrogens is 330 g/mol. The van der Waals surface area contributed by atoms with Gasteiger partial charge in [0.15, 0.2) is 0 Å². The van der Waals surface area contributed by atoms with Crippen molar-refractivity contribution in [2.45, 2.75) is 38.3 Å². The van der Waals surface area contributed by atoms with Crippen LogP contribution in [0.4, 0.5) is 0 Å². The van der Waals surface area contributed by atoms with E-state index in [0.29, 0.717) is 25.6 Å². The van der Waals surface area contributed by atoms with E-state index in [9.17, 15) is 9.59 Å². The zero-order valence-electron chi connectivity index (χ0n) is 14.9. The van der Waals surface area contributed by atoms with Gasteiger partial charge in [0.25, 0.3) is 0 Å². The summed E-state index contributed by atoms with van der Waals surface area (Å²) in [6.45, 7) is 1.40. The van der Waals surface area contributed by atoms with Crippen LogP contribution >= 0.6 is 0 Å². The second-order valence-corrected chi connectivity index (χ2v) is 7.28. The summed E-state index contributed by atoms with van der Waals surface area (Å²) in [5, 5.41) is 7.35. The Labute approximate surface area is 152 Å². The summed E-state index contributed by atoms with van der Waals surface area (Å²) in [7, 11) is 1.78. The van der Waals surface area contributed by atoms with E-state index >= 15 is 0 Å². The van der Waals surface area contributed by atoms with Crippen LogP contribution in [0.1, 0.15) is 42.3 Å². The van der Waals surface area contributed by atoms with Crippen molar-refractivity contribution in [1.29, 1.82) is 0 Å². The van der Waals surface area contributed by atoms with Gasteiger partial charge in [0.1, 0.15) is 0 Å². The van der Waals surface area contributed by atoms with Crippen LogP contribution < -0.4 is 0 Å². The van der Waals surface area contributed by atoms with E-state index < -0.39 is 0 Å². The lowest BCUT2D eigenvalue weighted by Gasteiger charge is -2.20. The van der Waals surface area contributed by atoms with E-state index in [2.05, 4.69) is 21.2 Å². The Hall–Kier alpha value is -2.70. The molecule has 2 aromatic heterocycles. The molecule has 26 heavy (non-hydrogen) atoms. The predicted molar refractivity (Wildman–Crippen MR) is 94.8 cm³/mol. The van der Waals surface area contributed by atoms with Crippen LogP contribution in [0.2, 0.25) is 0 Å². The van der Waals surface area contributed by atoms with Crippen molar-refractivity contribution < 1.29 is 9.59 Å². The molecule has 0 unspecified atom stereocenters. The zero-order chi connectivity index (χ0) is 18.1. The third-order valence-electron chi connectivity index (χ3n) is 5.07. The number of hydrogen-bond donors (Lipinski definition) is 1. The Bertz CT molecular complexity index is 799. The summed E-state index contributed by atoms with van der Waals surface area (Å²) in [6.07, 6.45) is 4.39. The van der Waals surface area contributed by atoms with Crippen molar-refractivity contribution in [3.8, 4) is 0 Å². The molecule has 0 radical (unpaired) electrons. The van der Waals surface area contributed by atoms with Gasteiger partial charge in [-0.3, -0.25) is 19.7 Å². The summed E-state index contributed by atoms with van der Waals surface area (Å²) < 4.78 is 0. The number of H-pyrrole nitrogens is 1. The largest absolute Gasteiger partial charge is 0.340 e. The smallest absolute Gasteiger partial charge is 0.228 e. The minimum atomic E-state index is -0.290. The Morgan fingerprint density at radius 2 is 2.23 bits per heavy atom. The van der Waals surface area contributed by atoms with Crippen LogP contribution in [0.3, 0.4) is 0 Å². The molecule has 1 aliphatic heterocycles. The van der Waals surface area contributed by atoms with Gasteiger partial charge in [0, 0.05) is 32.1 Å². The van der Waals surface area contributed by atoms with Crippen molar-refractivity contribution >= 4 is 11.8 Å². The lowest BCUT2D eigenvalue weighted by Crippen LogP contribution is -2.34. The van der Waals surface area contributed by atoms with Crippen LogP contribution in [-0.4, -0.2) is 50.4 Å². The van der Waals surface area contributed by atoms with Gasteiger partial charge in [-0.1, -0.05) is 6.07 Å². The number of carbonyl (C=O) groups is 2. The van der Waals surface area contributed by atoms with Crippen molar-refractivity contribution in [3.05, 3.63) is 47.5 Å². The number of amides is 2. The lowest BCUT2D eigenvalue weighted by molar-refractivity contribution is -0.135. The SMILES string of the molecule is CN(Cc1cc(C2CC2)n[nH]1)C(=O)[C@H]1CC(=O)N(Cc2ccccn2)C1. The molecule has 2 aromatic rings. The highest BCUT2D eigenvalue weighted by Gasteiger charge is 2.36. The van der Waals surface area contributed by atoms with Crippen molar-refractivity contribution in [2.75, 3.05) is 13.6 Å². The minimum Gasteiger partial charge on any atom is -0.340 e. The van der Waals surface area contributed by atoms with Gasteiger partial charge < -0.3 is 9.80 Å². The number of rotatable bonds is 6. The average molecular weight is 353 g/mol. The number of aromatic amines is 1. The molecule has 1 atom stereocenters. The third kappa shape index (κ3) is 3.61. The fourth-order valence-corrected chi connectivity index (χ4v) is 3.47. The standard InChI is InChI=1S/C19H23N5O2/c1-23(11-16-9-17(22-21-16)13-5-6-13)19(26)14-8-18(25)24(10-14)12-15-4-2-3-7-20-15/h2-4,7,9,13-14H,5-6,8,10-12H2,1H3,(H,21,22)/t14-/m0/s1. The molecule has 4 rings (SSSR count). The lowest BCUT2D eigenvalue weighted by atomic mass is 10.1. The van der Waals surface area contributed by atoms with Crippen LogP contribution in [0.25, 0.3) is 0 Å². The molecule has 1 aliphatic carbocycles. The molecule has 7 nitrogen and oxygen atoms in total. The van der Waals surface area contributed by atoms with E-state index in [-0.39, 0.29) is 24.2 Å². The highest BCUT2D eigenvalue weighted by Crippen LogP contribution is 2.39. The van der Waals surface area contributed by atoms with Crippen LogP contribution in [0.15, 0.2) is 30.5 Å². The fraction of sp³-hybridized carbons (Fsp3) is 0.474. The quantitative estimate of drug-likeness (QED) is 0.857. The van der Waals surface area contributed by atoms with Gasteiger partial charge in [-0.25, -0.2) is 0 Å². The predicted octanol–water partition coefficient (Wildman–Crippen LogP) is 1.69. The van der Waals surface area contributed by atoms with Crippen LogP contribution in [0.5, 0.6) is 0 Å². The van der Waals surface area contributed by atoms with Crippen molar-refractivity contribution in [2.24, 2.45) is 5.92 Å². The van der Waals surface area contributed by atoms with E-state index in [0.717, 1.165) is 17.1 Å². The van der Waals surface area contributed by atoms with Gasteiger partial charge in [0.05, 0.1) is 36.1 Å². The number of carbonyl (C=O) groups excluding carboxylic acids is 2. The van der Waals surface area contributed by atoms with E-state index in [1.165, 1.54) is 12.8 Å². The van der Waals surface area contributed by atoms with Crippen LogP contribution in [-0.2, 0) is 22.7 Å². The van der Waals surface area contributed by atoms with Crippen LogP contribution in [0, 0.1) is 5.92 Å². The maximum atomic E-state index is 12.7. The minimum absolute atomic E-state index is 0.00411. The first-order valence-electron chi connectivity index (χ1n) is 9.07. The van der Waals surface area contributed by atoms with E-state index in [4.69, 9.17) is 0 Å². The molecule has 136 valence electrons. The zero-order valence-corrected chi connectivity index (χ0v) is 14.9. The van der Waals surface area contributed by atoms with E-state index in [1.807, 2.05) is 18.2 Å². The van der Waals surface area contributed by atoms with Crippen molar-refractivity contribution in [1.82, 2.24) is 25.0 Å². The molecule has 1 saturated carbocycles. The Kier molecular flexibility index (Phi) is 4.44. The van der Waals surface area contributed by atoms with Gasteiger partial charge in [-0.2, -0.15) is 5.10 Å². The van der Waals surface area contributed by atoms with Gasteiger partial charge >= 0.3 is 0 Å². The molecule has 0 spiro atoms. The Balaban J connectivity index is 1.34. The summed E-state index contributed by atoms with van der Waals surface area (Å²) in [6, 6.07) is 7.69. The number of pyridine rings is 1. The molecule has 3 heterocycles. The number of likely N-dealkylation sites (tertiary alicyclic amines) is 1. The second-order valence-electron chi connectivity index (χ2n) is 7.28. The average Bonchev–Trinajstić information content (AvgIpc) is 3.29. The van der Waals surface area contributed by atoms with E-state index in [1.54, 1.807) is 23.0 Å². The molecule has 1 N–H and O–H groups in total. The second kappa shape index (κ2) is 6.90. The molecule has 2 aliphatic rings. The first-order valence-corrected chi connectivity index (χ1v) is 9.07. The molecule has 2 amide bonds. The summed E-state index contributed by atoms with van der Waals surface area (Å²) in [5.41, 5.74) is 2.88. The first-order chi connectivity index (χ1) is 12.6. The molecule has 0 bridgehead atoms. The summed E-state index contributed by atoms with van der Waals surface area (Å²) >= 11 is 0. The Morgan fingerprint density at radius 1 is 1.38 bits per heavy atom.